The molecule has 2 nitrogen and oxygen atoms in total. The minimum absolute atomic E-state index is 0.218. The molecule has 0 aliphatic carbocycles. The molecule has 0 unspecified atom stereocenters. The fourth-order valence-electron chi connectivity index (χ4n) is 1.16. The quantitative estimate of drug-likeness (QED) is 0.775. The van der Waals surface area contributed by atoms with Crippen molar-refractivity contribution in [2.75, 3.05) is 18.1 Å². The molecule has 0 atom stereocenters. The molecule has 0 amide bonds. The maximum absolute atomic E-state index is 8.85. The van der Waals surface area contributed by atoms with Gasteiger partial charge in [-0.15, -0.1) is 11.3 Å². The van der Waals surface area contributed by atoms with E-state index in [-0.39, 0.29) is 6.61 Å². The minimum Gasteiger partial charge on any atom is -0.395 e. The largest absolute Gasteiger partial charge is 0.395 e. The standard InChI is InChI=1S/C9H15NOS/c1-8(2)10(5-6-11)9-4-3-7-12-9/h3-4,7-8,11H,5-6H2,1-2H3. The Hall–Kier alpha value is -0.540. The molecule has 1 aromatic heterocycles. The summed E-state index contributed by atoms with van der Waals surface area (Å²) in [4.78, 5) is 2.20. The Morgan fingerprint density at radius 1 is 1.58 bits per heavy atom. The SMILES string of the molecule is CC(C)N(CCO)c1cccs1. The number of aliphatic hydroxyl groups is 1. The Morgan fingerprint density at radius 2 is 2.33 bits per heavy atom. The van der Waals surface area contributed by atoms with Crippen LogP contribution in [0.1, 0.15) is 13.8 Å². The second-order valence-corrected chi connectivity index (χ2v) is 3.89. The van der Waals surface area contributed by atoms with Gasteiger partial charge in [0.1, 0.15) is 0 Å². The molecule has 1 N–H and O–H groups in total. The van der Waals surface area contributed by atoms with E-state index in [2.05, 4.69) is 30.2 Å². The molecule has 0 aromatic carbocycles. The first-order chi connectivity index (χ1) is 5.75. The summed E-state index contributed by atoms with van der Waals surface area (Å²) in [5, 5.41) is 12.1. The Balaban J connectivity index is 2.66. The summed E-state index contributed by atoms with van der Waals surface area (Å²) < 4.78 is 0. The highest BCUT2D eigenvalue weighted by Gasteiger charge is 2.09. The van der Waals surface area contributed by atoms with Gasteiger partial charge >= 0.3 is 0 Å². The van der Waals surface area contributed by atoms with Crippen LogP contribution < -0.4 is 4.90 Å². The molecule has 0 saturated heterocycles. The van der Waals surface area contributed by atoms with Crippen LogP contribution in [0, 0.1) is 0 Å². The van der Waals surface area contributed by atoms with Gasteiger partial charge in [0.25, 0.3) is 0 Å². The van der Waals surface area contributed by atoms with Gasteiger partial charge in [-0.05, 0) is 31.4 Å². The molecule has 0 fully saturated rings. The highest BCUT2D eigenvalue weighted by Crippen LogP contribution is 2.22. The van der Waals surface area contributed by atoms with E-state index in [0.29, 0.717) is 6.04 Å². The summed E-state index contributed by atoms with van der Waals surface area (Å²) in [6, 6.07) is 4.57. The van der Waals surface area contributed by atoms with Crippen LogP contribution in [0.2, 0.25) is 0 Å². The van der Waals surface area contributed by atoms with E-state index in [1.54, 1.807) is 11.3 Å². The Bertz CT molecular complexity index is 208. The van der Waals surface area contributed by atoms with Crippen molar-refractivity contribution in [3.05, 3.63) is 17.5 Å². The first-order valence-electron chi connectivity index (χ1n) is 4.16. The van der Waals surface area contributed by atoms with Gasteiger partial charge in [-0.1, -0.05) is 0 Å². The maximum Gasteiger partial charge on any atom is 0.0911 e. The van der Waals surface area contributed by atoms with E-state index in [1.807, 2.05) is 6.07 Å². The van der Waals surface area contributed by atoms with E-state index in [0.717, 1.165) is 6.54 Å². The fraction of sp³-hybridized carbons (Fsp3) is 0.556. The Morgan fingerprint density at radius 3 is 2.75 bits per heavy atom. The monoisotopic (exact) mass is 185 g/mol. The summed E-state index contributed by atoms with van der Waals surface area (Å²) in [7, 11) is 0. The molecule has 0 saturated carbocycles. The molecule has 1 heterocycles. The van der Waals surface area contributed by atoms with Gasteiger partial charge < -0.3 is 10.0 Å². The van der Waals surface area contributed by atoms with Crippen molar-refractivity contribution in [1.82, 2.24) is 0 Å². The molecular weight excluding hydrogens is 170 g/mol. The van der Waals surface area contributed by atoms with Gasteiger partial charge in [0.15, 0.2) is 0 Å². The normalized spacial score (nSPS) is 10.7. The third kappa shape index (κ3) is 2.22. The van der Waals surface area contributed by atoms with Crippen LogP contribution in [0.3, 0.4) is 0 Å². The van der Waals surface area contributed by atoms with Crippen LogP contribution >= 0.6 is 11.3 Å². The number of aliphatic hydroxyl groups excluding tert-OH is 1. The predicted octanol–water partition coefficient (Wildman–Crippen LogP) is 1.96. The predicted molar refractivity (Wildman–Crippen MR) is 53.9 cm³/mol. The third-order valence-corrected chi connectivity index (χ3v) is 2.66. The van der Waals surface area contributed by atoms with Crippen LogP contribution in [0.4, 0.5) is 5.00 Å². The third-order valence-electron chi connectivity index (χ3n) is 1.75. The van der Waals surface area contributed by atoms with Gasteiger partial charge in [0, 0.05) is 12.6 Å². The lowest BCUT2D eigenvalue weighted by molar-refractivity contribution is 0.299. The lowest BCUT2D eigenvalue weighted by Crippen LogP contribution is -2.32. The van der Waals surface area contributed by atoms with Crippen LogP contribution in [-0.4, -0.2) is 24.3 Å². The highest BCUT2D eigenvalue weighted by atomic mass is 32.1. The first kappa shape index (κ1) is 9.55. The molecule has 0 aliphatic heterocycles. The summed E-state index contributed by atoms with van der Waals surface area (Å²) in [5.41, 5.74) is 0. The van der Waals surface area contributed by atoms with Gasteiger partial charge in [-0.2, -0.15) is 0 Å². The number of nitrogens with zero attached hydrogens (tertiary/aromatic N) is 1. The zero-order valence-corrected chi connectivity index (χ0v) is 8.34. The van der Waals surface area contributed by atoms with Crippen molar-refractivity contribution in [2.24, 2.45) is 0 Å². The summed E-state index contributed by atoms with van der Waals surface area (Å²) in [6.07, 6.45) is 0. The van der Waals surface area contributed by atoms with Gasteiger partial charge in [0.2, 0.25) is 0 Å². The molecule has 0 aliphatic rings. The number of thiophene rings is 1. The summed E-state index contributed by atoms with van der Waals surface area (Å²) >= 11 is 1.71. The number of anilines is 1. The van der Waals surface area contributed by atoms with Crippen molar-refractivity contribution < 1.29 is 5.11 Å². The molecule has 12 heavy (non-hydrogen) atoms. The Labute approximate surface area is 77.5 Å². The van der Waals surface area contributed by atoms with Gasteiger partial charge in [0.05, 0.1) is 11.6 Å². The van der Waals surface area contributed by atoms with E-state index in [4.69, 9.17) is 5.11 Å². The highest BCUT2D eigenvalue weighted by molar-refractivity contribution is 7.14. The number of hydrogen-bond donors (Lipinski definition) is 1. The van der Waals surface area contributed by atoms with Crippen molar-refractivity contribution in [3.63, 3.8) is 0 Å². The molecule has 0 spiro atoms. The minimum atomic E-state index is 0.218. The lowest BCUT2D eigenvalue weighted by atomic mass is 10.3. The van der Waals surface area contributed by atoms with Crippen LogP contribution in [0.5, 0.6) is 0 Å². The van der Waals surface area contributed by atoms with Gasteiger partial charge in [-0.3, -0.25) is 0 Å². The van der Waals surface area contributed by atoms with Crippen molar-refractivity contribution >= 4 is 16.3 Å². The topological polar surface area (TPSA) is 23.5 Å². The zero-order valence-electron chi connectivity index (χ0n) is 7.53. The molecule has 1 aromatic rings. The smallest absolute Gasteiger partial charge is 0.0911 e. The van der Waals surface area contributed by atoms with Crippen molar-refractivity contribution in [3.8, 4) is 0 Å². The van der Waals surface area contributed by atoms with Crippen molar-refractivity contribution in [1.29, 1.82) is 0 Å². The van der Waals surface area contributed by atoms with E-state index in [1.165, 1.54) is 5.00 Å². The van der Waals surface area contributed by atoms with Crippen LogP contribution in [0.25, 0.3) is 0 Å². The van der Waals surface area contributed by atoms with E-state index < -0.39 is 0 Å². The Kier molecular flexibility index (Phi) is 3.56. The van der Waals surface area contributed by atoms with E-state index in [9.17, 15) is 0 Å². The van der Waals surface area contributed by atoms with Crippen LogP contribution in [0.15, 0.2) is 17.5 Å². The number of rotatable bonds is 4. The number of hydrogen-bond acceptors (Lipinski definition) is 3. The van der Waals surface area contributed by atoms with Gasteiger partial charge in [-0.25, -0.2) is 0 Å². The van der Waals surface area contributed by atoms with Crippen molar-refractivity contribution in [2.45, 2.75) is 19.9 Å². The zero-order chi connectivity index (χ0) is 8.97. The summed E-state index contributed by atoms with van der Waals surface area (Å²) in [6.45, 7) is 5.21. The fourth-order valence-corrected chi connectivity index (χ4v) is 2.06. The molecule has 1 rings (SSSR count). The average Bonchev–Trinajstić information content (AvgIpc) is 2.51. The first-order valence-corrected chi connectivity index (χ1v) is 5.04. The molecule has 0 radical (unpaired) electrons. The lowest BCUT2D eigenvalue weighted by Gasteiger charge is -2.26. The van der Waals surface area contributed by atoms with Crippen LogP contribution in [-0.2, 0) is 0 Å². The summed E-state index contributed by atoms with van der Waals surface area (Å²) in [5.74, 6) is 0. The average molecular weight is 185 g/mol. The van der Waals surface area contributed by atoms with E-state index >= 15 is 0 Å². The second-order valence-electron chi connectivity index (χ2n) is 2.96. The molecular formula is C9H15NOS. The molecule has 3 heteroatoms. The second kappa shape index (κ2) is 4.48. The molecule has 0 bridgehead atoms. The maximum atomic E-state index is 8.85. The molecule has 68 valence electrons.